The third kappa shape index (κ3) is 5.47. The molecule has 3 rings (SSSR count). The van der Waals surface area contributed by atoms with Crippen LogP contribution in [0, 0.1) is 0 Å². The van der Waals surface area contributed by atoms with Gasteiger partial charge >= 0.3 is 5.97 Å². The lowest BCUT2D eigenvalue weighted by Gasteiger charge is -2.27. The van der Waals surface area contributed by atoms with E-state index in [1.807, 2.05) is 43.3 Å². The summed E-state index contributed by atoms with van der Waals surface area (Å²) in [4.78, 5) is 24.7. The van der Waals surface area contributed by atoms with E-state index in [1.165, 1.54) is 11.6 Å². The molecular formula is C24H27NO4. The molecule has 0 saturated carbocycles. The Labute approximate surface area is 171 Å². The van der Waals surface area contributed by atoms with Crippen LogP contribution in [0.4, 0.5) is 0 Å². The van der Waals surface area contributed by atoms with Crippen LogP contribution in [0.1, 0.15) is 49.4 Å². The average Bonchev–Trinajstić information content (AvgIpc) is 2.73. The van der Waals surface area contributed by atoms with Gasteiger partial charge in [-0.25, -0.2) is 4.79 Å². The third-order valence-electron chi connectivity index (χ3n) is 4.97. The zero-order chi connectivity index (χ0) is 20.6. The number of hydrogen-bond acceptors (Lipinski definition) is 4. The lowest BCUT2D eigenvalue weighted by molar-refractivity contribution is -0.150. The Balaban J connectivity index is 1.57. The van der Waals surface area contributed by atoms with E-state index in [4.69, 9.17) is 9.47 Å². The summed E-state index contributed by atoms with van der Waals surface area (Å²) in [6.07, 6.45) is 5.02. The zero-order valence-electron chi connectivity index (χ0n) is 16.9. The van der Waals surface area contributed by atoms with Crippen molar-refractivity contribution in [1.82, 2.24) is 5.32 Å². The van der Waals surface area contributed by atoms with Crippen molar-refractivity contribution in [3.63, 3.8) is 0 Å². The molecule has 0 spiro atoms. The second kappa shape index (κ2) is 9.92. The Morgan fingerprint density at radius 3 is 2.76 bits per heavy atom. The number of para-hydroxylation sites is 1. The van der Waals surface area contributed by atoms with Crippen LogP contribution in [-0.2, 0) is 20.7 Å². The van der Waals surface area contributed by atoms with Crippen LogP contribution in [0.5, 0.6) is 5.75 Å². The number of nitrogens with one attached hydrogen (secondary N) is 1. The molecule has 1 aliphatic carbocycles. The van der Waals surface area contributed by atoms with E-state index in [0.717, 1.165) is 30.4 Å². The molecule has 0 heterocycles. The fourth-order valence-electron chi connectivity index (χ4n) is 3.52. The van der Waals surface area contributed by atoms with Gasteiger partial charge in [0.1, 0.15) is 5.75 Å². The molecule has 0 aromatic heterocycles. The molecule has 0 saturated heterocycles. The summed E-state index contributed by atoms with van der Waals surface area (Å²) in [7, 11) is 0. The Bertz CT molecular complexity index is 890. The second-order valence-electron chi connectivity index (χ2n) is 7.04. The van der Waals surface area contributed by atoms with Gasteiger partial charge in [-0.2, -0.15) is 0 Å². The van der Waals surface area contributed by atoms with Crippen molar-refractivity contribution >= 4 is 18.0 Å². The minimum atomic E-state index is -0.872. The maximum absolute atomic E-state index is 12.5. The lowest BCUT2D eigenvalue weighted by atomic mass is 9.87. The first-order chi connectivity index (χ1) is 14.1. The second-order valence-corrected chi connectivity index (χ2v) is 7.04. The van der Waals surface area contributed by atoms with Gasteiger partial charge in [-0.3, -0.25) is 4.79 Å². The topological polar surface area (TPSA) is 64.6 Å². The van der Waals surface area contributed by atoms with Crippen LogP contribution in [-0.4, -0.2) is 24.6 Å². The fraction of sp³-hybridized carbons (Fsp3) is 0.333. The molecule has 0 unspecified atom stereocenters. The summed E-state index contributed by atoms with van der Waals surface area (Å²) in [5.41, 5.74) is 3.20. The number of aryl methyl sites for hydroxylation is 1. The first kappa shape index (κ1) is 20.6. The summed E-state index contributed by atoms with van der Waals surface area (Å²) < 4.78 is 10.8. The van der Waals surface area contributed by atoms with Crippen molar-refractivity contribution in [1.29, 1.82) is 0 Å². The van der Waals surface area contributed by atoms with E-state index >= 15 is 0 Å². The van der Waals surface area contributed by atoms with Crippen molar-refractivity contribution in [2.24, 2.45) is 0 Å². The molecule has 1 N–H and O–H groups in total. The SMILES string of the molecule is CCOc1ccccc1/C=C/C(=O)O[C@H](C)C(=O)N[C@@H]1CCCc2ccccc21. The molecule has 0 aliphatic heterocycles. The Hall–Kier alpha value is -3.08. The summed E-state index contributed by atoms with van der Waals surface area (Å²) >= 11 is 0. The maximum atomic E-state index is 12.5. The number of amides is 1. The highest BCUT2D eigenvalue weighted by atomic mass is 16.5. The van der Waals surface area contributed by atoms with Crippen LogP contribution < -0.4 is 10.1 Å². The molecule has 5 nitrogen and oxygen atoms in total. The minimum absolute atomic E-state index is 0.0396. The normalized spacial score (nSPS) is 16.7. The van der Waals surface area contributed by atoms with Gasteiger partial charge in [0.15, 0.2) is 6.10 Å². The molecule has 0 radical (unpaired) electrons. The summed E-state index contributed by atoms with van der Waals surface area (Å²) in [5.74, 6) is -0.160. The highest BCUT2D eigenvalue weighted by molar-refractivity contribution is 5.90. The van der Waals surface area contributed by atoms with Crippen molar-refractivity contribution in [3.8, 4) is 5.75 Å². The van der Waals surface area contributed by atoms with E-state index in [2.05, 4.69) is 17.4 Å². The number of esters is 1. The number of rotatable bonds is 7. The molecule has 1 amide bonds. The van der Waals surface area contributed by atoms with Gasteiger partial charge in [0, 0.05) is 11.6 Å². The third-order valence-corrected chi connectivity index (χ3v) is 4.97. The Kier molecular flexibility index (Phi) is 7.06. The van der Waals surface area contributed by atoms with Gasteiger partial charge in [0.05, 0.1) is 12.6 Å². The number of ether oxygens (including phenoxy) is 2. The molecular weight excluding hydrogens is 366 g/mol. The maximum Gasteiger partial charge on any atom is 0.331 e. The fourth-order valence-corrected chi connectivity index (χ4v) is 3.52. The molecule has 2 aromatic rings. The van der Waals surface area contributed by atoms with Gasteiger partial charge in [0.2, 0.25) is 0 Å². The van der Waals surface area contributed by atoms with E-state index in [9.17, 15) is 9.59 Å². The van der Waals surface area contributed by atoms with Crippen molar-refractivity contribution in [3.05, 3.63) is 71.3 Å². The minimum Gasteiger partial charge on any atom is -0.493 e. The largest absolute Gasteiger partial charge is 0.493 e. The van der Waals surface area contributed by atoms with Crippen molar-refractivity contribution < 1.29 is 19.1 Å². The monoisotopic (exact) mass is 393 g/mol. The zero-order valence-corrected chi connectivity index (χ0v) is 16.9. The number of carbonyl (C=O) groups is 2. The van der Waals surface area contributed by atoms with E-state index in [1.54, 1.807) is 13.0 Å². The van der Waals surface area contributed by atoms with Crippen molar-refractivity contribution in [2.45, 2.75) is 45.3 Å². The number of benzene rings is 2. The number of carbonyl (C=O) groups excluding carboxylic acids is 2. The summed E-state index contributed by atoms with van der Waals surface area (Å²) in [5, 5.41) is 3.02. The van der Waals surface area contributed by atoms with Gasteiger partial charge in [0.25, 0.3) is 5.91 Å². The van der Waals surface area contributed by atoms with Gasteiger partial charge in [-0.15, -0.1) is 0 Å². The highest BCUT2D eigenvalue weighted by Crippen LogP contribution is 2.29. The summed E-state index contributed by atoms with van der Waals surface area (Å²) in [6, 6.07) is 15.5. The predicted molar refractivity (Wildman–Crippen MR) is 112 cm³/mol. The molecule has 1 aliphatic rings. The van der Waals surface area contributed by atoms with Gasteiger partial charge in [-0.1, -0.05) is 42.5 Å². The quantitative estimate of drug-likeness (QED) is 0.565. The highest BCUT2D eigenvalue weighted by Gasteiger charge is 2.24. The molecule has 5 heteroatoms. The smallest absolute Gasteiger partial charge is 0.331 e. The van der Waals surface area contributed by atoms with Crippen LogP contribution in [0.25, 0.3) is 6.08 Å². The first-order valence-electron chi connectivity index (χ1n) is 10.1. The summed E-state index contributed by atoms with van der Waals surface area (Å²) in [6.45, 7) is 4.03. The standard InChI is InChI=1S/C24H27NO4/c1-3-28-22-14-7-5-10-19(22)15-16-23(26)29-17(2)24(27)25-21-13-8-11-18-9-4-6-12-20(18)21/h4-7,9-10,12,14-17,21H,3,8,11,13H2,1-2H3,(H,25,27)/b16-15+/t17-,21-/m1/s1. The molecule has 2 atom stereocenters. The number of hydrogen-bond donors (Lipinski definition) is 1. The van der Waals surface area contributed by atoms with Crippen LogP contribution in [0.15, 0.2) is 54.6 Å². The predicted octanol–water partition coefficient (Wildman–Crippen LogP) is 4.22. The molecule has 152 valence electrons. The van der Waals surface area contributed by atoms with E-state index < -0.39 is 12.1 Å². The average molecular weight is 393 g/mol. The van der Waals surface area contributed by atoms with Crippen molar-refractivity contribution in [2.75, 3.05) is 6.61 Å². The Morgan fingerprint density at radius 2 is 1.93 bits per heavy atom. The number of fused-ring (bicyclic) bond motifs is 1. The van der Waals surface area contributed by atoms with Gasteiger partial charge < -0.3 is 14.8 Å². The van der Waals surface area contributed by atoms with Crippen LogP contribution in [0.3, 0.4) is 0 Å². The van der Waals surface area contributed by atoms with Crippen LogP contribution >= 0.6 is 0 Å². The van der Waals surface area contributed by atoms with Gasteiger partial charge in [-0.05, 0) is 56.4 Å². The Morgan fingerprint density at radius 1 is 1.17 bits per heavy atom. The van der Waals surface area contributed by atoms with E-state index in [-0.39, 0.29) is 11.9 Å². The molecule has 29 heavy (non-hydrogen) atoms. The lowest BCUT2D eigenvalue weighted by Crippen LogP contribution is -2.39. The first-order valence-corrected chi connectivity index (χ1v) is 10.1. The van der Waals surface area contributed by atoms with E-state index in [0.29, 0.717) is 12.4 Å². The molecule has 0 bridgehead atoms. The van der Waals surface area contributed by atoms with Crippen LogP contribution in [0.2, 0.25) is 0 Å². The molecule has 0 fully saturated rings. The molecule has 2 aromatic carbocycles.